The van der Waals surface area contributed by atoms with Crippen molar-refractivity contribution in [3.8, 4) is 17.2 Å². The Kier molecular flexibility index (Phi) is 5.22. The van der Waals surface area contributed by atoms with Crippen LogP contribution in [0.25, 0.3) is 0 Å². The Morgan fingerprint density at radius 3 is 2.45 bits per heavy atom. The Morgan fingerprint density at radius 1 is 1.23 bits per heavy atom. The topological polar surface area (TPSA) is 128 Å². The number of sulfone groups is 1. The number of aliphatic hydroxyl groups is 1. The molecule has 0 amide bonds. The summed E-state index contributed by atoms with van der Waals surface area (Å²) in [7, 11) is -0.558. The Labute approximate surface area is 184 Å². The molecule has 2 heterocycles. The fourth-order valence-electron chi connectivity index (χ4n) is 4.43. The van der Waals surface area contributed by atoms with Gasteiger partial charge in [-0.25, -0.2) is 8.42 Å². The summed E-state index contributed by atoms with van der Waals surface area (Å²) < 4.78 is 40.0. The number of allylic oxidation sites excluding steroid dienone is 1. The Morgan fingerprint density at radius 2 is 1.90 bits per heavy atom. The van der Waals surface area contributed by atoms with E-state index >= 15 is 0 Å². The lowest BCUT2D eigenvalue weighted by Gasteiger charge is -2.36. The Bertz CT molecular complexity index is 1110. The smallest absolute Gasteiger partial charge is 0.236 e. The SMILES string of the molecule is COc1cc(OC)c2c(c1Cl)OC1(C(=O)C=C(NC3CS(=O)(=O)CC3O)CC1C)C2=O. The van der Waals surface area contributed by atoms with Crippen LogP contribution in [-0.4, -0.2) is 68.6 Å². The summed E-state index contributed by atoms with van der Waals surface area (Å²) in [4.78, 5) is 26.6. The second kappa shape index (κ2) is 7.39. The lowest BCUT2D eigenvalue weighted by Crippen LogP contribution is -2.56. The molecule has 4 unspecified atom stereocenters. The zero-order chi connectivity index (χ0) is 22.7. The third kappa shape index (κ3) is 3.28. The molecule has 31 heavy (non-hydrogen) atoms. The molecule has 0 radical (unpaired) electrons. The van der Waals surface area contributed by atoms with Crippen LogP contribution in [0.1, 0.15) is 23.7 Å². The molecule has 3 aliphatic rings. The van der Waals surface area contributed by atoms with E-state index in [0.29, 0.717) is 5.70 Å². The van der Waals surface area contributed by atoms with E-state index in [2.05, 4.69) is 5.32 Å². The fourth-order valence-corrected chi connectivity index (χ4v) is 6.44. The second-order valence-electron chi connectivity index (χ2n) is 8.00. The van der Waals surface area contributed by atoms with Gasteiger partial charge >= 0.3 is 0 Å². The third-order valence-electron chi connectivity index (χ3n) is 6.00. The maximum atomic E-state index is 13.4. The van der Waals surface area contributed by atoms with Crippen molar-refractivity contribution in [3.05, 3.63) is 28.4 Å². The average molecular weight is 472 g/mol. The lowest BCUT2D eigenvalue weighted by molar-refractivity contribution is -0.129. The number of ether oxygens (including phenoxy) is 3. The number of halogens is 1. The normalized spacial score (nSPS) is 31.3. The zero-order valence-electron chi connectivity index (χ0n) is 17.1. The molecule has 9 nitrogen and oxygen atoms in total. The maximum absolute atomic E-state index is 13.4. The van der Waals surface area contributed by atoms with Gasteiger partial charge in [0.2, 0.25) is 17.2 Å². The number of hydrogen-bond donors (Lipinski definition) is 2. The molecule has 0 aromatic heterocycles. The molecular formula is C20H22ClNO8S. The van der Waals surface area contributed by atoms with Crippen LogP contribution in [0.3, 0.4) is 0 Å². The van der Waals surface area contributed by atoms with E-state index in [4.69, 9.17) is 25.8 Å². The molecule has 11 heteroatoms. The van der Waals surface area contributed by atoms with Crippen LogP contribution in [-0.2, 0) is 14.6 Å². The zero-order valence-corrected chi connectivity index (χ0v) is 18.7. The molecule has 168 valence electrons. The summed E-state index contributed by atoms with van der Waals surface area (Å²) in [6, 6.07) is 0.742. The van der Waals surface area contributed by atoms with Gasteiger partial charge in [-0.2, -0.15) is 0 Å². The number of hydrogen-bond acceptors (Lipinski definition) is 9. The van der Waals surface area contributed by atoms with E-state index in [1.807, 2.05) is 0 Å². The standard InChI is InChI=1S/C20H22ClNO8S/c1-9-4-10(22-11-7-31(26,27)8-12(11)23)5-15(24)20(9)19(25)16-13(28-2)6-14(29-3)17(21)18(16)30-20/h5-6,9,11-12,22-23H,4,7-8H2,1-3H3. The quantitative estimate of drug-likeness (QED) is 0.615. The molecule has 0 saturated carbocycles. The van der Waals surface area contributed by atoms with Crippen LogP contribution >= 0.6 is 11.6 Å². The van der Waals surface area contributed by atoms with E-state index in [0.717, 1.165) is 0 Å². The Hall–Kier alpha value is -2.30. The van der Waals surface area contributed by atoms with Crippen molar-refractivity contribution in [1.29, 1.82) is 0 Å². The van der Waals surface area contributed by atoms with E-state index in [1.54, 1.807) is 6.92 Å². The number of rotatable bonds is 4. The number of methoxy groups -OCH3 is 2. The summed E-state index contributed by atoms with van der Waals surface area (Å²) in [5.41, 5.74) is -1.29. The van der Waals surface area contributed by atoms with Gasteiger partial charge in [-0.3, -0.25) is 9.59 Å². The van der Waals surface area contributed by atoms with E-state index < -0.39 is 45.1 Å². The van der Waals surface area contributed by atoms with Gasteiger partial charge in [0, 0.05) is 23.8 Å². The van der Waals surface area contributed by atoms with Crippen molar-refractivity contribution in [3.63, 3.8) is 0 Å². The van der Waals surface area contributed by atoms with Crippen molar-refractivity contribution < 1.29 is 37.3 Å². The van der Waals surface area contributed by atoms with Crippen molar-refractivity contribution >= 4 is 33.0 Å². The first-order valence-corrected chi connectivity index (χ1v) is 11.8. The van der Waals surface area contributed by atoms with Gasteiger partial charge in [-0.1, -0.05) is 18.5 Å². The van der Waals surface area contributed by atoms with Gasteiger partial charge in [0.05, 0.1) is 37.9 Å². The molecule has 1 saturated heterocycles. The number of fused-ring (bicyclic) bond motifs is 1. The van der Waals surface area contributed by atoms with Gasteiger partial charge in [-0.15, -0.1) is 0 Å². The monoisotopic (exact) mass is 471 g/mol. The number of aliphatic hydroxyl groups excluding tert-OH is 1. The first-order valence-electron chi connectivity index (χ1n) is 9.62. The fraction of sp³-hybridized carbons (Fsp3) is 0.500. The first-order chi connectivity index (χ1) is 14.5. The molecule has 1 aliphatic carbocycles. The van der Waals surface area contributed by atoms with Crippen LogP contribution in [0, 0.1) is 5.92 Å². The first kappa shape index (κ1) is 21.9. The number of Topliss-reactive ketones (excluding diaryl/α,β-unsaturated/α-hetero) is 1. The van der Waals surface area contributed by atoms with Gasteiger partial charge in [0.1, 0.15) is 22.1 Å². The number of benzene rings is 1. The van der Waals surface area contributed by atoms with E-state index in [9.17, 15) is 23.1 Å². The van der Waals surface area contributed by atoms with Gasteiger partial charge in [-0.05, 0) is 6.42 Å². The van der Waals surface area contributed by atoms with Crippen molar-refractivity contribution in [2.24, 2.45) is 5.92 Å². The highest BCUT2D eigenvalue weighted by molar-refractivity contribution is 7.91. The van der Waals surface area contributed by atoms with Crippen LogP contribution in [0.15, 0.2) is 17.8 Å². The molecule has 1 aromatic carbocycles. The van der Waals surface area contributed by atoms with Crippen molar-refractivity contribution in [2.75, 3.05) is 25.7 Å². The largest absolute Gasteiger partial charge is 0.496 e. The minimum absolute atomic E-state index is 0.0326. The molecule has 0 bridgehead atoms. The number of nitrogens with one attached hydrogen (secondary N) is 1. The number of ketones is 2. The third-order valence-corrected chi connectivity index (χ3v) is 8.08. The lowest BCUT2D eigenvalue weighted by atomic mass is 9.74. The van der Waals surface area contributed by atoms with Crippen molar-refractivity contribution in [1.82, 2.24) is 5.32 Å². The second-order valence-corrected chi connectivity index (χ2v) is 10.5. The molecule has 2 aliphatic heterocycles. The molecule has 2 N–H and O–H groups in total. The highest BCUT2D eigenvalue weighted by Crippen LogP contribution is 2.52. The van der Waals surface area contributed by atoms with Gasteiger partial charge in [0.15, 0.2) is 15.6 Å². The summed E-state index contributed by atoms with van der Waals surface area (Å²) >= 11 is 6.35. The summed E-state index contributed by atoms with van der Waals surface area (Å²) in [6.07, 6.45) is 0.390. The van der Waals surface area contributed by atoms with E-state index in [-0.39, 0.29) is 45.8 Å². The molecule has 4 atom stereocenters. The minimum atomic E-state index is -3.35. The molecule has 1 fully saturated rings. The molecule has 1 aromatic rings. The predicted molar refractivity (Wildman–Crippen MR) is 111 cm³/mol. The van der Waals surface area contributed by atoms with Crippen LogP contribution < -0.4 is 19.5 Å². The van der Waals surface area contributed by atoms with Crippen LogP contribution in [0.2, 0.25) is 5.02 Å². The number of carbonyl (C=O) groups excluding carboxylic acids is 2. The molecule has 4 rings (SSSR count). The summed E-state index contributed by atoms with van der Waals surface area (Å²) in [5, 5.41) is 13.0. The molecular weight excluding hydrogens is 450 g/mol. The predicted octanol–water partition coefficient (Wildman–Crippen LogP) is 0.911. The number of carbonyl (C=O) groups is 2. The van der Waals surface area contributed by atoms with Gasteiger partial charge < -0.3 is 24.6 Å². The highest BCUT2D eigenvalue weighted by atomic mass is 35.5. The summed E-state index contributed by atoms with van der Waals surface area (Å²) in [6.45, 7) is 1.69. The van der Waals surface area contributed by atoms with Crippen LogP contribution in [0.4, 0.5) is 0 Å². The van der Waals surface area contributed by atoms with E-state index in [1.165, 1.54) is 26.4 Å². The minimum Gasteiger partial charge on any atom is -0.496 e. The average Bonchev–Trinajstić information content (AvgIpc) is 3.14. The summed E-state index contributed by atoms with van der Waals surface area (Å²) in [5.74, 6) is -1.85. The highest BCUT2D eigenvalue weighted by Gasteiger charge is 2.60. The molecule has 1 spiro atoms. The Balaban J connectivity index is 1.68. The van der Waals surface area contributed by atoms with Crippen molar-refractivity contribution in [2.45, 2.75) is 31.1 Å². The van der Waals surface area contributed by atoms with Gasteiger partial charge in [0.25, 0.3) is 0 Å². The maximum Gasteiger partial charge on any atom is 0.236 e. The van der Waals surface area contributed by atoms with Crippen LogP contribution in [0.5, 0.6) is 17.2 Å².